The molecule has 0 spiro atoms. The van der Waals surface area contributed by atoms with Crippen molar-refractivity contribution in [2.24, 2.45) is 5.92 Å². The predicted octanol–water partition coefficient (Wildman–Crippen LogP) is 2.08. The summed E-state index contributed by atoms with van der Waals surface area (Å²) in [5.74, 6) is 0.270. The zero-order valence-electron chi connectivity index (χ0n) is 13.0. The fourth-order valence-corrected chi connectivity index (χ4v) is 5.28. The second-order valence-corrected chi connectivity index (χ2v) is 9.37. The summed E-state index contributed by atoms with van der Waals surface area (Å²) in [6.07, 6.45) is 6.63. The number of hydrogen-bond acceptors (Lipinski definition) is 4. The van der Waals surface area contributed by atoms with E-state index in [1.807, 2.05) is 23.6 Å². The maximum atomic E-state index is 12.2. The van der Waals surface area contributed by atoms with E-state index >= 15 is 0 Å². The lowest BCUT2D eigenvalue weighted by Gasteiger charge is -2.31. The van der Waals surface area contributed by atoms with E-state index in [2.05, 4.69) is 5.32 Å². The smallest absolute Gasteiger partial charge is 0.244 e. The molecule has 1 aliphatic heterocycles. The van der Waals surface area contributed by atoms with Crippen LogP contribution in [0.1, 0.15) is 30.6 Å². The molecule has 1 saturated carbocycles. The average Bonchev–Trinajstić information content (AvgIpc) is 3.29. The quantitative estimate of drug-likeness (QED) is 0.796. The van der Waals surface area contributed by atoms with Gasteiger partial charge >= 0.3 is 0 Å². The van der Waals surface area contributed by atoms with E-state index in [9.17, 15) is 13.2 Å². The number of nitrogens with zero attached hydrogens (tertiary/aromatic N) is 1. The van der Waals surface area contributed by atoms with E-state index in [0.29, 0.717) is 25.6 Å². The lowest BCUT2D eigenvalue weighted by Crippen LogP contribution is -2.42. The molecule has 0 radical (unpaired) electrons. The van der Waals surface area contributed by atoms with Gasteiger partial charge in [0.2, 0.25) is 15.9 Å². The molecule has 126 valence electrons. The Balaban J connectivity index is 1.40. The van der Waals surface area contributed by atoms with Crippen LogP contribution in [0.2, 0.25) is 0 Å². The minimum absolute atomic E-state index is 0.0913. The highest BCUT2D eigenvalue weighted by atomic mass is 32.2. The Morgan fingerprint density at radius 2 is 2.04 bits per heavy atom. The molecule has 2 heterocycles. The highest BCUT2D eigenvalue weighted by Crippen LogP contribution is 2.33. The van der Waals surface area contributed by atoms with Crippen molar-refractivity contribution in [3.8, 4) is 0 Å². The number of thiophene rings is 1. The molecule has 1 aliphatic carbocycles. The van der Waals surface area contributed by atoms with E-state index in [-0.39, 0.29) is 11.2 Å². The predicted molar refractivity (Wildman–Crippen MR) is 92.6 cm³/mol. The Labute approximate surface area is 141 Å². The molecule has 7 heteroatoms. The molecule has 3 rings (SSSR count). The van der Waals surface area contributed by atoms with Crippen molar-refractivity contribution in [2.75, 3.05) is 19.6 Å². The van der Waals surface area contributed by atoms with E-state index in [4.69, 9.17) is 0 Å². The van der Waals surface area contributed by atoms with Crippen molar-refractivity contribution in [1.82, 2.24) is 9.62 Å². The van der Waals surface area contributed by atoms with Gasteiger partial charge in [-0.05, 0) is 49.1 Å². The number of sulfonamides is 1. The van der Waals surface area contributed by atoms with Crippen LogP contribution in [0.15, 0.2) is 23.6 Å². The molecule has 1 aromatic rings. The van der Waals surface area contributed by atoms with E-state index in [0.717, 1.165) is 30.6 Å². The molecule has 5 nitrogen and oxygen atoms in total. The van der Waals surface area contributed by atoms with Gasteiger partial charge in [0.1, 0.15) is 0 Å². The summed E-state index contributed by atoms with van der Waals surface area (Å²) in [5.41, 5.74) is 0. The van der Waals surface area contributed by atoms with Gasteiger partial charge < -0.3 is 5.32 Å². The van der Waals surface area contributed by atoms with Gasteiger partial charge in [-0.1, -0.05) is 6.07 Å². The van der Waals surface area contributed by atoms with Crippen LogP contribution in [0.25, 0.3) is 6.08 Å². The standard InChI is InChI=1S/C16H22N2O3S2/c19-16(6-3-14-2-1-11-22-14)17-12-13-7-9-18(10-8-13)23(20,21)15-4-5-15/h1-3,6,11,13,15H,4-5,7-10,12H2,(H,17,19). The van der Waals surface area contributed by atoms with Crippen LogP contribution in [0.3, 0.4) is 0 Å². The minimum Gasteiger partial charge on any atom is -0.352 e. The largest absolute Gasteiger partial charge is 0.352 e. The molecule has 1 aromatic heterocycles. The molecule has 2 aliphatic rings. The van der Waals surface area contributed by atoms with Gasteiger partial charge in [0, 0.05) is 30.6 Å². The number of amides is 1. The topological polar surface area (TPSA) is 66.5 Å². The lowest BCUT2D eigenvalue weighted by atomic mass is 9.98. The van der Waals surface area contributed by atoms with Gasteiger partial charge in [0.15, 0.2) is 0 Å². The number of hydrogen-bond donors (Lipinski definition) is 1. The van der Waals surface area contributed by atoms with Crippen molar-refractivity contribution in [1.29, 1.82) is 0 Å². The zero-order chi connectivity index (χ0) is 16.3. The Morgan fingerprint density at radius 1 is 1.30 bits per heavy atom. The summed E-state index contributed by atoms with van der Waals surface area (Å²) in [6.45, 7) is 1.79. The van der Waals surface area contributed by atoms with Crippen LogP contribution >= 0.6 is 11.3 Å². The van der Waals surface area contributed by atoms with Gasteiger partial charge in [-0.3, -0.25) is 4.79 Å². The van der Waals surface area contributed by atoms with Crippen molar-refractivity contribution in [3.63, 3.8) is 0 Å². The Bertz CT molecular complexity index is 656. The molecule has 0 atom stereocenters. The average molecular weight is 354 g/mol. The van der Waals surface area contributed by atoms with E-state index in [1.165, 1.54) is 0 Å². The molecular weight excluding hydrogens is 332 g/mol. The number of carbonyl (C=O) groups is 1. The van der Waals surface area contributed by atoms with Crippen molar-refractivity contribution < 1.29 is 13.2 Å². The normalized spacial score (nSPS) is 20.9. The molecule has 1 N–H and O–H groups in total. The molecule has 0 aromatic carbocycles. The van der Waals surface area contributed by atoms with E-state index in [1.54, 1.807) is 21.7 Å². The van der Waals surface area contributed by atoms with Gasteiger partial charge in [-0.25, -0.2) is 12.7 Å². The first kappa shape index (κ1) is 16.7. The van der Waals surface area contributed by atoms with Crippen LogP contribution in [-0.4, -0.2) is 43.5 Å². The molecule has 23 heavy (non-hydrogen) atoms. The van der Waals surface area contributed by atoms with Crippen molar-refractivity contribution in [3.05, 3.63) is 28.5 Å². The van der Waals surface area contributed by atoms with Gasteiger partial charge in [-0.15, -0.1) is 11.3 Å². The maximum absolute atomic E-state index is 12.2. The number of rotatable bonds is 6. The second kappa shape index (κ2) is 7.15. The fraction of sp³-hybridized carbons (Fsp3) is 0.562. The molecule has 0 bridgehead atoms. The van der Waals surface area contributed by atoms with Crippen molar-refractivity contribution in [2.45, 2.75) is 30.9 Å². The summed E-state index contributed by atoms with van der Waals surface area (Å²) in [6, 6.07) is 3.91. The first-order valence-electron chi connectivity index (χ1n) is 8.04. The van der Waals surface area contributed by atoms with Crippen molar-refractivity contribution >= 4 is 33.3 Å². The summed E-state index contributed by atoms with van der Waals surface area (Å²) < 4.78 is 26.0. The highest BCUT2D eigenvalue weighted by Gasteiger charge is 2.41. The van der Waals surface area contributed by atoms with Crippen LogP contribution < -0.4 is 5.32 Å². The number of nitrogens with one attached hydrogen (secondary N) is 1. The monoisotopic (exact) mass is 354 g/mol. The maximum Gasteiger partial charge on any atom is 0.244 e. The Hall–Kier alpha value is -1.18. The van der Waals surface area contributed by atoms with Crippen LogP contribution in [0, 0.1) is 5.92 Å². The van der Waals surface area contributed by atoms with Gasteiger partial charge in [0.25, 0.3) is 0 Å². The Kier molecular flexibility index (Phi) is 5.18. The van der Waals surface area contributed by atoms with Crippen LogP contribution in [0.5, 0.6) is 0 Å². The van der Waals surface area contributed by atoms with Crippen LogP contribution in [-0.2, 0) is 14.8 Å². The SMILES string of the molecule is O=C(C=Cc1cccs1)NCC1CCN(S(=O)(=O)C2CC2)CC1. The third kappa shape index (κ3) is 4.43. The molecule has 1 saturated heterocycles. The minimum atomic E-state index is -3.04. The number of piperidine rings is 1. The lowest BCUT2D eigenvalue weighted by molar-refractivity contribution is -0.116. The molecular formula is C16H22N2O3S2. The fourth-order valence-electron chi connectivity index (χ4n) is 2.79. The summed E-state index contributed by atoms with van der Waals surface area (Å²) >= 11 is 1.59. The summed E-state index contributed by atoms with van der Waals surface area (Å²) in [7, 11) is -3.04. The number of carbonyl (C=O) groups excluding carboxylic acids is 1. The molecule has 1 amide bonds. The first-order valence-corrected chi connectivity index (χ1v) is 10.4. The summed E-state index contributed by atoms with van der Waals surface area (Å²) in [4.78, 5) is 12.9. The third-order valence-corrected chi connectivity index (χ3v) is 7.62. The third-order valence-electron chi connectivity index (χ3n) is 4.39. The molecule has 2 fully saturated rings. The Morgan fingerprint density at radius 3 is 2.65 bits per heavy atom. The van der Waals surface area contributed by atoms with E-state index < -0.39 is 10.0 Å². The second-order valence-electron chi connectivity index (χ2n) is 6.18. The highest BCUT2D eigenvalue weighted by molar-refractivity contribution is 7.90. The molecule has 0 unspecified atom stereocenters. The summed E-state index contributed by atoms with van der Waals surface area (Å²) in [5, 5.41) is 4.76. The first-order chi connectivity index (χ1) is 11.1. The van der Waals surface area contributed by atoms with Crippen LogP contribution in [0.4, 0.5) is 0 Å². The van der Waals surface area contributed by atoms with Gasteiger partial charge in [-0.2, -0.15) is 0 Å². The zero-order valence-corrected chi connectivity index (χ0v) is 14.6. The van der Waals surface area contributed by atoms with Gasteiger partial charge in [0.05, 0.1) is 5.25 Å².